The highest BCUT2D eigenvalue weighted by Gasteiger charge is 2.08. The second-order valence-corrected chi connectivity index (χ2v) is 3.68. The van der Waals surface area contributed by atoms with Crippen LogP contribution in [0.4, 0.5) is 10.1 Å². The third-order valence-corrected chi connectivity index (χ3v) is 2.30. The molecule has 0 aliphatic carbocycles. The maximum absolute atomic E-state index is 13.6. The van der Waals surface area contributed by atoms with Crippen molar-refractivity contribution in [3.8, 4) is 11.5 Å². The first-order chi connectivity index (χ1) is 8.56. The Morgan fingerprint density at radius 2 is 1.94 bits per heavy atom. The van der Waals surface area contributed by atoms with Gasteiger partial charge in [0, 0.05) is 17.3 Å². The highest BCUT2D eigenvalue weighted by molar-refractivity contribution is 5.92. The third kappa shape index (κ3) is 2.57. The van der Waals surface area contributed by atoms with E-state index < -0.39 is 11.7 Å². The highest BCUT2D eigenvalue weighted by atomic mass is 19.1. The van der Waals surface area contributed by atoms with E-state index in [4.69, 9.17) is 16.2 Å². The van der Waals surface area contributed by atoms with Crippen molar-refractivity contribution in [3.63, 3.8) is 0 Å². The first-order valence-electron chi connectivity index (χ1n) is 5.19. The van der Waals surface area contributed by atoms with Crippen molar-refractivity contribution in [1.29, 1.82) is 0 Å². The van der Waals surface area contributed by atoms with Crippen LogP contribution in [-0.2, 0) is 0 Å². The van der Waals surface area contributed by atoms with E-state index in [0.717, 1.165) is 6.07 Å². The van der Waals surface area contributed by atoms with Crippen LogP contribution in [0.5, 0.6) is 11.5 Å². The molecule has 0 heterocycles. The van der Waals surface area contributed by atoms with E-state index in [1.807, 2.05) is 0 Å². The SMILES string of the molecule is NC(=O)c1ccc(Oc2cccc(N)c2)c(F)c1. The van der Waals surface area contributed by atoms with E-state index in [1.165, 1.54) is 12.1 Å². The largest absolute Gasteiger partial charge is 0.454 e. The van der Waals surface area contributed by atoms with Crippen LogP contribution in [0.2, 0.25) is 0 Å². The Hall–Kier alpha value is -2.56. The monoisotopic (exact) mass is 246 g/mol. The minimum atomic E-state index is -0.690. The zero-order chi connectivity index (χ0) is 13.1. The van der Waals surface area contributed by atoms with Crippen LogP contribution in [0.25, 0.3) is 0 Å². The van der Waals surface area contributed by atoms with Crippen molar-refractivity contribution in [1.82, 2.24) is 0 Å². The number of rotatable bonds is 3. The van der Waals surface area contributed by atoms with Crippen LogP contribution in [-0.4, -0.2) is 5.91 Å². The van der Waals surface area contributed by atoms with Crippen LogP contribution >= 0.6 is 0 Å². The van der Waals surface area contributed by atoms with Crippen molar-refractivity contribution in [3.05, 3.63) is 53.8 Å². The van der Waals surface area contributed by atoms with Gasteiger partial charge in [-0.1, -0.05) is 6.07 Å². The van der Waals surface area contributed by atoms with Gasteiger partial charge >= 0.3 is 0 Å². The molecule has 1 amide bonds. The quantitative estimate of drug-likeness (QED) is 0.815. The fourth-order valence-electron chi connectivity index (χ4n) is 1.44. The summed E-state index contributed by atoms with van der Waals surface area (Å²) in [4.78, 5) is 10.9. The standard InChI is InChI=1S/C13H11FN2O2/c14-11-6-8(13(16)17)4-5-12(11)18-10-3-1-2-9(15)7-10/h1-7H,15H2,(H2,16,17). The highest BCUT2D eigenvalue weighted by Crippen LogP contribution is 2.26. The Morgan fingerprint density at radius 1 is 1.17 bits per heavy atom. The molecule has 0 aliphatic heterocycles. The number of hydrogen-bond acceptors (Lipinski definition) is 3. The molecule has 0 saturated heterocycles. The van der Waals surface area contributed by atoms with Crippen molar-refractivity contribution in [2.75, 3.05) is 5.73 Å². The summed E-state index contributed by atoms with van der Waals surface area (Å²) in [5.41, 5.74) is 11.2. The zero-order valence-electron chi connectivity index (χ0n) is 9.39. The summed E-state index contributed by atoms with van der Waals surface area (Å²) in [6, 6.07) is 10.4. The number of nitrogens with two attached hydrogens (primary N) is 2. The maximum atomic E-state index is 13.6. The van der Waals surface area contributed by atoms with Crippen LogP contribution in [0.3, 0.4) is 0 Å². The average Bonchev–Trinajstić information content (AvgIpc) is 2.31. The fraction of sp³-hybridized carbons (Fsp3) is 0. The molecular weight excluding hydrogens is 235 g/mol. The molecule has 0 aliphatic rings. The van der Waals surface area contributed by atoms with Crippen LogP contribution in [0.1, 0.15) is 10.4 Å². The Bertz CT molecular complexity index is 599. The van der Waals surface area contributed by atoms with Crippen molar-refractivity contribution in [2.24, 2.45) is 5.73 Å². The normalized spacial score (nSPS) is 10.1. The third-order valence-electron chi connectivity index (χ3n) is 2.30. The molecular formula is C13H11FN2O2. The van der Waals surface area contributed by atoms with Crippen LogP contribution < -0.4 is 16.2 Å². The molecule has 0 atom stereocenters. The van der Waals surface area contributed by atoms with Gasteiger partial charge in [0.05, 0.1) is 0 Å². The summed E-state index contributed by atoms with van der Waals surface area (Å²) < 4.78 is 19.0. The van der Waals surface area contributed by atoms with Crippen LogP contribution in [0.15, 0.2) is 42.5 Å². The number of nitrogen functional groups attached to an aromatic ring is 1. The van der Waals surface area contributed by atoms with Crippen molar-refractivity contribution >= 4 is 11.6 Å². The summed E-state index contributed by atoms with van der Waals surface area (Å²) in [5.74, 6) is -0.926. The Morgan fingerprint density at radius 3 is 2.56 bits per heavy atom. The van der Waals surface area contributed by atoms with Gasteiger partial charge in [0.15, 0.2) is 11.6 Å². The van der Waals surface area contributed by atoms with E-state index in [0.29, 0.717) is 11.4 Å². The molecule has 92 valence electrons. The Labute approximate surface area is 103 Å². The Kier molecular flexibility index (Phi) is 3.14. The molecule has 5 heteroatoms. The number of amides is 1. The number of benzene rings is 2. The smallest absolute Gasteiger partial charge is 0.248 e. The summed E-state index contributed by atoms with van der Waals surface area (Å²) in [6.45, 7) is 0. The lowest BCUT2D eigenvalue weighted by atomic mass is 10.2. The molecule has 0 unspecified atom stereocenters. The second kappa shape index (κ2) is 4.75. The number of halogens is 1. The molecule has 2 rings (SSSR count). The topological polar surface area (TPSA) is 78.3 Å². The lowest BCUT2D eigenvalue weighted by Gasteiger charge is -2.07. The van der Waals surface area contributed by atoms with Crippen LogP contribution in [0, 0.1) is 5.82 Å². The number of carbonyl (C=O) groups is 1. The fourth-order valence-corrected chi connectivity index (χ4v) is 1.44. The van der Waals surface area contributed by atoms with E-state index >= 15 is 0 Å². The molecule has 0 spiro atoms. The molecule has 18 heavy (non-hydrogen) atoms. The number of hydrogen-bond donors (Lipinski definition) is 2. The van der Waals surface area contributed by atoms with Gasteiger partial charge in [0.25, 0.3) is 0 Å². The Balaban J connectivity index is 2.27. The van der Waals surface area contributed by atoms with Gasteiger partial charge in [0.1, 0.15) is 5.75 Å². The lowest BCUT2D eigenvalue weighted by molar-refractivity contribution is 0.1000. The van der Waals surface area contributed by atoms with Gasteiger partial charge in [0.2, 0.25) is 5.91 Å². The predicted octanol–water partition coefficient (Wildman–Crippen LogP) is 2.30. The molecule has 0 saturated carbocycles. The molecule has 0 fully saturated rings. The van der Waals surface area contributed by atoms with E-state index in [2.05, 4.69) is 0 Å². The second-order valence-electron chi connectivity index (χ2n) is 3.68. The van der Waals surface area contributed by atoms with Gasteiger partial charge in [-0.3, -0.25) is 4.79 Å². The number of carbonyl (C=O) groups excluding carboxylic acids is 1. The van der Waals surface area contributed by atoms with Gasteiger partial charge in [-0.25, -0.2) is 4.39 Å². The molecule has 0 bridgehead atoms. The molecule has 2 aromatic carbocycles. The molecule has 2 aromatic rings. The molecule has 0 aromatic heterocycles. The summed E-state index contributed by atoms with van der Waals surface area (Å²) in [5, 5.41) is 0. The zero-order valence-corrected chi connectivity index (χ0v) is 9.39. The average molecular weight is 246 g/mol. The van der Waals surface area contributed by atoms with E-state index in [9.17, 15) is 9.18 Å². The number of ether oxygens (including phenoxy) is 1. The minimum Gasteiger partial charge on any atom is -0.454 e. The molecule has 4 N–H and O–H groups in total. The first-order valence-corrected chi connectivity index (χ1v) is 5.19. The maximum Gasteiger partial charge on any atom is 0.248 e. The van der Waals surface area contributed by atoms with E-state index in [-0.39, 0.29) is 11.3 Å². The van der Waals surface area contributed by atoms with Gasteiger partial charge in [-0.15, -0.1) is 0 Å². The number of anilines is 1. The van der Waals surface area contributed by atoms with E-state index in [1.54, 1.807) is 24.3 Å². The lowest BCUT2D eigenvalue weighted by Crippen LogP contribution is -2.11. The molecule has 4 nitrogen and oxygen atoms in total. The summed E-state index contributed by atoms with van der Waals surface area (Å²) in [7, 11) is 0. The summed E-state index contributed by atoms with van der Waals surface area (Å²) >= 11 is 0. The molecule has 0 radical (unpaired) electrons. The van der Waals surface area contributed by atoms with Gasteiger partial charge in [-0.2, -0.15) is 0 Å². The first kappa shape index (κ1) is 11.9. The number of primary amides is 1. The minimum absolute atomic E-state index is 0.00519. The van der Waals surface area contributed by atoms with Crippen molar-refractivity contribution < 1.29 is 13.9 Å². The van der Waals surface area contributed by atoms with Gasteiger partial charge < -0.3 is 16.2 Å². The summed E-state index contributed by atoms with van der Waals surface area (Å²) in [6.07, 6.45) is 0. The van der Waals surface area contributed by atoms with Crippen molar-refractivity contribution in [2.45, 2.75) is 0 Å². The van der Waals surface area contributed by atoms with Gasteiger partial charge in [-0.05, 0) is 30.3 Å². The predicted molar refractivity (Wildman–Crippen MR) is 65.8 cm³/mol.